The summed E-state index contributed by atoms with van der Waals surface area (Å²) in [4.78, 5) is 0. The van der Waals surface area contributed by atoms with Gasteiger partial charge in [0, 0.05) is 9.64 Å². The van der Waals surface area contributed by atoms with E-state index in [0.717, 1.165) is 6.42 Å². The van der Waals surface area contributed by atoms with Gasteiger partial charge < -0.3 is 0 Å². The second-order valence-electron chi connectivity index (χ2n) is 3.05. The summed E-state index contributed by atoms with van der Waals surface area (Å²) in [6.45, 7) is 2.18. The third kappa shape index (κ3) is 1.70. The van der Waals surface area contributed by atoms with Gasteiger partial charge in [-0.3, -0.25) is 0 Å². The fourth-order valence-electron chi connectivity index (χ4n) is 1.44. The van der Waals surface area contributed by atoms with Gasteiger partial charge >= 0.3 is 0 Å². The Morgan fingerprint density at radius 3 is 2.85 bits per heavy atom. The highest BCUT2D eigenvalue weighted by Crippen LogP contribution is 2.20. The standard InChI is InChI=1S/C12H10I/c1-2-9-7-10-5-3-4-6-11(10)8-12(9)13/h3-7H,2H2,1H3. The van der Waals surface area contributed by atoms with Crippen molar-refractivity contribution in [2.24, 2.45) is 0 Å². The van der Waals surface area contributed by atoms with E-state index in [-0.39, 0.29) is 0 Å². The summed E-state index contributed by atoms with van der Waals surface area (Å²) < 4.78 is 1.25. The third-order valence-corrected chi connectivity index (χ3v) is 3.16. The molecule has 2 aromatic carbocycles. The van der Waals surface area contributed by atoms with E-state index in [1.807, 2.05) is 0 Å². The lowest BCUT2D eigenvalue weighted by molar-refractivity contribution is 1.13. The molecule has 0 N–H and O–H groups in total. The molecule has 0 spiro atoms. The Balaban J connectivity index is 2.74. The summed E-state index contributed by atoms with van der Waals surface area (Å²) in [6.07, 6.45) is 1.08. The average Bonchev–Trinajstić information content (AvgIpc) is 2.17. The zero-order chi connectivity index (χ0) is 9.26. The molecule has 2 aromatic rings. The van der Waals surface area contributed by atoms with Crippen molar-refractivity contribution in [3.05, 3.63) is 45.5 Å². The second-order valence-corrected chi connectivity index (χ2v) is 4.13. The van der Waals surface area contributed by atoms with Crippen LogP contribution in [0.15, 0.2) is 30.3 Å². The molecule has 2 rings (SSSR count). The van der Waals surface area contributed by atoms with Crippen LogP contribution in [0.4, 0.5) is 0 Å². The average molecular weight is 281 g/mol. The number of rotatable bonds is 1. The van der Waals surface area contributed by atoms with Crippen molar-refractivity contribution in [1.29, 1.82) is 0 Å². The molecule has 0 nitrogen and oxygen atoms in total. The van der Waals surface area contributed by atoms with E-state index in [4.69, 9.17) is 0 Å². The highest BCUT2D eigenvalue weighted by Gasteiger charge is 2.00. The van der Waals surface area contributed by atoms with Crippen LogP contribution >= 0.6 is 22.6 Å². The zero-order valence-electron chi connectivity index (χ0n) is 7.47. The molecule has 0 saturated carbocycles. The van der Waals surface area contributed by atoms with Gasteiger partial charge in [0.15, 0.2) is 0 Å². The van der Waals surface area contributed by atoms with Crippen molar-refractivity contribution in [3.63, 3.8) is 0 Å². The number of aryl methyl sites for hydroxylation is 1. The van der Waals surface area contributed by atoms with Crippen LogP contribution in [0, 0.1) is 9.64 Å². The molecule has 1 radical (unpaired) electrons. The maximum atomic E-state index is 3.40. The number of hydrogen-bond acceptors (Lipinski definition) is 0. The molecular weight excluding hydrogens is 271 g/mol. The maximum Gasteiger partial charge on any atom is 0.0247 e. The van der Waals surface area contributed by atoms with Crippen LogP contribution < -0.4 is 0 Å². The van der Waals surface area contributed by atoms with Crippen LogP contribution in [0.2, 0.25) is 0 Å². The van der Waals surface area contributed by atoms with Gasteiger partial charge in [0.2, 0.25) is 0 Å². The van der Waals surface area contributed by atoms with Crippen molar-refractivity contribution >= 4 is 33.4 Å². The molecule has 65 valence electrons. The minimum atomic E-state index is 1.08. The van der Waals surface area contributed by atoms with E-state index in [1.165, 1.54) is 19.9 Å². The molecule has 0 atom stereocenters. The predicted molar refractivity (Wildman–Crippen MR) is 64.9 cm³/mol. The number of fused-ring (bicyclic) bond motifs is 1. The third-order valence-electron chi connectivity index (χ3n) is 2.20. The first-order valence-electron chi connectivity index (χ1n) is 4.40. The number of hydrogen-bond donors (Lipinski definition) is 0. The van der Waals surface area contributed by atoms with Gasteiger partial charge in [-0.15, -0.1) is 0 Å². The van der Waals surface area contributed by atoms with E-state index < -0.39 is 0 Å². The van der Waals surface area contributed by atoms with Crippen molar-refractivity contribution in [1.82, 2.24) is 0 Å². The smallest absolute Gasteiger partial charge is 0.0247 e. The van der Waals surface area contributed by atoms with Crippen molar-refractivity contribution in [2.45, 2.75) is 13.3 Å². The van der Waals surface area contributed by atoms with Crippen LogP contribution in [0.25, 0.3) is 10.8 Å². The summed E-state index contributed by atoms with van der Waals surface area (Å²) in [5.41, 5.74) is 1.39. The fourth-order valence-corrected chi connectivity index (χ4v) is 2.27. The minimum absolute atomic E-state index is 1.08. The molecule has 0 saturated heterocycles. The van der Waals surface area contributed by atoms with Gasteiger partial charge in [-0.1, -0.05) is 37.3 Å². The lowest BCUT2D eigenvalue weighted by Crippen LogP contribution is -1.86. The van der Waals surface area contributed by atoms with E-state index in [9.17, 15) is 0 Å². The Labute approximate surface area is 92.1 Å². The molecule has 1 heteroatoms. The lowest BCUT2D eigenvalue weighted by atomic mass is 10.1. The predicted octanol–water partition coefficient (Wildman–Crippen LogP) is 3.81. The topological polar surface area (TPSA) is 0 Å². The normalized spacial score (nSPS) is 10.6. The maximum absolute atomic E-state index is 3.40. The number of benzene rings is 2. The molecule has 0 amide bonds. The summed E-state index contributed by atoms with van der Waals surface area (Å²) in [7, 11) is 0. The lowest BCUT2D eigenvalue weighted by Gasteiger charge is -2.03. The molecule has 0 aromatic heterocycles. The van der Waals surface area contributed by atoms with Gasteiger partial charge in [0.1, 0.15) is 0 Å². The second kappa shape index (κ2) is 3.66. The molecule has 0 aliphatic heterocycles. The van der Waals surface area contributed by atoms with E-state index >= 15 is 0 Å². The number of halogens is 1. The molecule has 0 heterocycles. The Hall–Kier alpha value is -0.570. The van der Waals surface area contributed by atoms with Crippen LogP contribution in [0.5, 0.6) is 0 Å². The monoisotopic (exact) mass is 281 g/mol. The van der Waals surface area contributed by atoms with E-state index in [2.05, 4.69) is 65.9 Å². The quantitative estimate of drug-likeness (QED) is 0.697. The van der Waals surface area contributed by atoms with E-state index in [1.54, 1.807) is 0 Å². The molecule has 0 fully saturated rings. The zero-order valence-corrected chi connectivity index (χ0v) is 9.63. The van der Waals surface area contributed by atoms with Crippen molar-refractivity contribution in [3.8, 4) is 0 Å². The van der Waals surface area contributed by atoms with Crippen LogP contribution in [-0.4, -0.2) is 0 Å². The Morgan fingerprint density at radius 2 is 2.08 bits per heavy atom. The summed E-state index contributed by atoms with van der Waals surface area (Å²) in [5.74, 6) is 0. The molecule has 0 unspecified atom stereocenters. The van der Waals surface area contributed by atoms with Crippen LogP contribution in [-0.2, 0) is 6.42 Å². The van der Waals surface area contributed by atoms with Crippen molar-refractivity contribution < 1.29 is 0 Å². The van der Waals surface area contributed by atoms with Crippen LogP contribution in [0.1, 0.15) is 12.5 Å². The largest absolute Gasteiger partial charge is 0.0616 e. The van der Waals surface area contributed by atoms with Crippen molar-refractivity contribution in [2.75, 3.05) is 0 Å². The van der Waals surface area contributed by atoms with Crippen LogP contribution in [0.3, 0.4) is 0 Å². The summed E-state index contributed by atoms with van der Waals surface area (Å²) in [5, 5.41) is 2.50. The first kappa shape index (κ1) is 9.00. The first-order chi connectivity index (χ1) is 6.31. The fraction of sp³-hybridized carbons (Fsp3) is 0.167. The van der Waals surface area contributed by atoms with Gasteiger partial charge in [-0.25, -0.2) is 0 Å². The van der Waals surface area contributed by atoms with Gasteiger partial charge in [-0.05, 0) is 45.3 Å². The van der Waals surface area contributed by atoms with Gasteiger partial charge in [0.05, 0.1) is 0 Å². The Kier molecular flexibility index (Phi) is 2.54. The Bertz CT molecular complexity index is 432. The highest BCUT2D eigenvalue weighted by molar-refractivity contribution is 14.1. The molecular formula is C12H10I. The van der Waals surface area contributed by atoms with E-state index in [0.29, 0.717) is 0 Å². The summed E-state index contributed by atoms with van der Waals surface area (Å²) in [6, 6.07) is 14.0. The SMILES string of the molecule is CCc1cc2ccccc2[c]c1I. The van der Waals surface area contributed by atoms with Gasteiger partial charge in [-0.2, -0.15) is 0 Å². The van der Waals surface area contributed by atoms with Gasteiger partial charge in [0.25, 0.3) is 0 Å². The Morgan fingerprint density at radius 1 is 1.31 bits per heavy atom. The first-order valence-corrected chi connectivity index (χ1v) is 5.48. The molecule has 0 bridgehead atoms. The highest BCUT2D eigenvalue weighted by atomic mass is 127. The molecule has 0 aliphatic rings. The minimum Gasteiger partial charge on any atom is -0.0616 e. The molecule has 0 aliphatic carbocycles. The summed E-state index contributed by atoms with van der Waals surface area (Å²) >= 11 is 2.35. The molecule has 13 heavy (non-hydrogen) atoms.